The van der Waals surface area contributed by atoms with E-state index in [1.807, 2.05) is 78.9 Å². The number of benzene rings is 3. The van der Waals surface area contributed by atoms with Gasteiger partial charge in [0.15, 0.2) is 5.82 Å². The van der Waals surface area contributed by atoms with E-state index in [4.69, 9.17) is 0 Å². The fourth-order valence-electron chi connectivity index (χ4n) is 2.83. The largest absolute Gasteiger partial charge is 0.325 e. The number of halogens is 1. The molecule has 0 aliphatic carbocycles. The van der Waals surface area contributed by atoms with Crippen LogP contribution in [0, 0.1) is 0 Å². The number of rotatable bonds is 6. The molecule has 0 radical (unpaired) electrons. The van der Waals surface area contributed by atoms with Crippen LogP contribution < -0.4 is 5.32 Å². The number of hydrogen-bond donors (Lipinski definition) is 2. The fraction of sp³-hybridized carbons (Fsp3) is 0.0455. The van der Waals surface area contributed by atoms with Crippen molar-refractivity contribution in [2.75, 3.05) is 11.1 Å². The summed E-state index contributed by atoms with van der Waals surface area (Å²) < 4.78 is 1.00. The first kappa shape index (κ1) is 19.4. The quantitative estimate of drug-likeness (QED) is 0.362. The summed E-state index contributed by atoms with van der Waals surface area (Å²) in [5.41, 5.74) is 3.77. The van der Waals surface area contributed by atoms with Gasteiger partial charge in [-0.1, -0.05) is 88.4 Å². The van der Waals surface area contributed by atoms with E-state index in [0.29, 0.717) is 11.0 Å². The normalized spacial score (nSPS) is 10.7. The predicted octanol–water partition coefficient (Wildman–Crippen LogP) is 5.63. The summed E-state index contributed by atoms with van der Waals surface area (Å²) in [7, 11) is 0. The zero-order valence-electron chi connectivity index (χ0n) is 15.3. The van der Waals surface area contributed by atoms with Crippen LogP contribution in [-0.4, -0.2) is 26.8 Å². The Balaban J connectivity index is 1.40. The first-order chi connectivity index (χ1) is 14.2. The Bertz CT molecular complexity index is 1110. The second kappa shape index (κ2) is 9.07. The molecule has 4 aromatic rings. The molecule has 0 spiro atoms. The Morgan fingerprint density at radius 1 is 0.931 bits per heavy atom. The van der Waals surface area contributed by atoms with Crippen LogP contribution in [0.1, 0.15) is 0 Å². The Hall–Kier alpha value is -2.90. The predicted molar refractivity (Wildman–Crippen MR) is 121 cm³/mol. The number of thioether (sulfide) groups is 1. The molecule has 0 unspecified atom stereocenters. The summed E-state index contributed by atoms with van der Waals surface area (Å²) in [5.74, 6) is 0.795. The van der Waals surface area contributed by atoms with E-state index < -0.39 is 0 Å². The van der Waals surface area contributed by atoms with Crippen LogP contribution in [0.4, 0.5) is 5.69 Å². The molecule has 4 rings (SSSR count). The summed E-state index contributed by atoms with van der Waals surface area (Å²) in [4.78, 5) is 16.9. The number of anilines is 1. The molecule has 144 valence electrons. The van der Waals surface area contributed by atoms with Gasteiger partial charge in [0.05, 0.1) is 5.75 Å². The van der Waals surface area contributed by atoms with Crippen molar-refractivity contribution in [2.24, 2.45) is 0 Å². The molecule has 0 aliphatic rings. The van der Waals surface area contributed by atoms with E-state index in [-0.39, 0.29) is 11.7 Å². The zero-order chi connectivity index (χ0) is 20.1. The maximum absolute atomic E-state index is 12.5. The number of amides is 1. The summed E-state index contributed by atoms with van der Waals surface area (Å²) in [5, 5.41) is 10.6. The lowest BCUT2D eigenvalue weighted by atomic mass is 10.0. The molecule has 0 saturated carbocycles. The van der Waals surface area contributed by atoms with Gasteiger partial charge in [0, 0.05) is 21.3 Å². The van der Waals surface area contributed by atoms with E-state index in [2.05, 4.69) is 36.4 Å². The standard InChI is InChI=1S/C22H17BrN4OS/c23-17-12-10-16(11-13-17)21-25-22(27-26-21)29-14-20(28)24-19-9-5-4-8-18(19)15-6-2-1-3-7-15/h1-13H,14H2,(H,24,28)(H,25,26,27). The van der Waals surface area contributed by atoms with Crippen LogP contribution in [0.2, 0.25) is 0 Å². The number of hydrogen-bond acceptors (Lipinski definition) is 4. The third-order valence-electron chi connectivity index (χ3n) is 4.20. The number of para-hydroxylation sites is 1. The van der Waals surface area contributed by atoms with Crippen LogP contribution in [0.3, 0.4) is 0 Å². The molecule has 1 aromatic heterocycles. The van der Waals surface area contributed by atoms with Gasteiger partial charge >= 0.3 is 0 Å². The smallest absolute Gasteiger partial charge is 0.234 e. The second-order valence-electron chi connectivity index (χ2n) is 6.22. The molecule has 0 saturated heterocycles. The highest BCUT2D eigenvalue weighted by molar-refractivity contribution is 9.10. The number of nitrogens with zero attached hydrogens (tertiary/aromatic N) is 2. The van der Waals surface area contributed by atoms with Crippen molar-refractivity contribution in [1.29, 1.82) is 0 Å². The van der Waals surface area contributed by atoms with E-state index in [1.54, 1.807) is 0 Å². The molecule has 0 fully saturated rings. The van der Waals surface area contributed by atoms with Gasteiger partial charge in [-0.25, -0.2) is 4.98 Å². The Morgan fingerprint density at radius 2 is 1.66 bits per heavy atom. The molecule has 5 nitrogen and oxygen atoms in total. The number of aromatic nitrogens is 3. The van der Waals surface area contributed by atoms with Gasteiger partial charge in [0.1, 0.15) is 0 Å². The molecule has 7 heteroatoms. The molecule has 0 aliphatic heterocycles. The Morgan fingerprint density at radius 3 is 2.45 bits per heavy atom. The van der Waals surface area contributed by atoms with E-state index >= 15 is 0 Å². The van der Waals surface area contributed by atoms with Gasteiger partial charge < -0.3 is 5.32 Å². The van der Waals surface area contributed by atoms with Crippen LogP contribution in [0.5, 0.6) is 0 Å². The Kier molecular flexibility index (Phi) is 6.07. The van der Waals surface area contributed by atoms with Crippen LogP contribution in [0.15, 0.2) is 88.5 Å². The molecule has 0 atom stereocenters. The van der Waals surface area contributed by atoms with E-state index in [9.17, 15) is 4.79 Å². The van der Waals surface area contributed by atoms with E-state index in [0.717, 1.165) is 26.9 Å². The van der Waals surface area contributed by atoms with Gasteiger partial charge in [0.2, 0.25) is 11.1 Å². The summed E-state index contributed by atoms with van der Waals surface area (Å²) >= 11 is 4.71. The minimum Gasteiger partial charge on any atom is -0.325 e. The molecule has 1 heterocycles. The van der Waals surface area contributed by atoms with Gasteiger partial charge in [0.25, 0.3) is 0 Å². The van der Waals surface area contributed by atoms with Crippen molar-refractivity contribution >= 4 is 39.3 Å². The van der Waals surface area contributed by atoms with Crippen molar-refractivity contribution < 1.29 is 4.79 Å². The first-order valence-electron chi connectivity index (χ1n) is 8.94. The average Bonchev–Trinajstić information content (AvgIpc) is 3.23. The van der Waals surface area contributed by atoms with Crippen molar-refractivity contribution in [2.45, 2.75) is 5.16 Å². The van der Waals surface area contributed by atoms with Crippen LogP contribution in [-0.2, 0) is 4.79 Å². The van der Waals surface area contributed by atoms with Crippen LogP contribution >= 0.6 is 27.7 Å². The lowest BCUT2D eigenvalue weighted by molar-refractivity contribution is -0.113. The lowest BCUT2D eigenvalue weighted by Gasteiger charge is -2.10. The van der Waals surface area contributed by atoms with Crippen molar-refractivity contribution in [1.82, 2.24) is 15.2 Å². The summed E-state index contributed by atoms with van der Waals surface area (Å²) in [6.45, 7) is 0. The number of H-pyrrole nitrogens is 1. The molecule has 2 N–H and O–H groups in total. The Labute approximate surface area is 181 Å². The topological polar surface area (TPSA) is 70.7 Å². The zero-order valence-corrected chi connectivity index (χ0v) is 17.7. The number of aromatic amines is 1. The number of nitrogens with one attached hydrogen (secondary N) is 2. The van der Waals surface area contributed by atoms with Gasteiger partial charge in [-0.15, -0.1) is 5.10 Å². The third kappa shape index (κ3) is 4.93. The van der Waals surface area contributed by atoms with Gasteiger partial charge in [-0.05, 0) is 23.8 Å². The fourth-order valence-corrected chi connectivity index (χ4v) is 3.69. The molecule has 0 bridgehead atoms. The summed E-state index contributed by atoms with van der Waals surface area (Å²) in [6.07, 6.45) is 0. The van der Waals surface area contributed by atoms with E-state index in [1.165, 1.54) is 11.8 Å². The summed E-state index contributed by atoms with van der Waals surface area (Å²) in [6, 6.07) is 25.6. The van der Waals surface area contributed by atoms with Crippen molar-refractivity contribution in [3.8, 4) is 22.5 Å². The maximum Gasteiger partial charge on any atom is 0.234 e. The molecular weight excluding hydrogens is 448 g/mol. The van der Waals surface area contributed by atoms with Crippen molar-refractivity contribution in [3.05, 3.63) is 83.3 Å². The molecule has 29 heavy (non-hydrogen) atoms. The maximum atomic E-state index is 12.5. The minimum atomic E-state index is -0.103. The van der Waals surface area contributed by atoms with Gasteiger partial charge in [-0.3, -0.25) is 9.89 Å². The lowest BCUT2D eigenvalue weighted by Crippen LogP contribution is -2.14. The highest BCUT2D eigenvalue weighted by Crippen LogP contribution is 2.28. The third-order valence-corrected chi connectivity index (χ3v) is 5.58. The highest BCUT2D eigenvalue weighted by atomic mass is 79.9. The number of carbonyl (C=O) groups excluding carboxylic acids is 1. The molecular formula is C22H17BrN4OS. The average molecular weight is 465 g/mol. The minimum absolute atomic E-state index is 0.103. The SMILES string of the molecule is O=C(CSc1n[nH]c(-c2ccc(Br)cc2)n1)Nc1ccccc1-c1ccccc1. The first-order valence-corrected chi connectivity index (χ1v) is 10.7. The number of carbonyl (C=O) groups is 1. The molecule has 1 amide bonds. The van der Waals surface area contributed by atoms with Crippen molar-refractivity contribution in [3.63, 3.8) is 0 Å². The van der Waals surface area contributed by atoms with Crippen LogP contribution in [0.25, 0.3) is 22.5 Å². The second-order valence-corrected chi connectivity index (χ2v) is 8.08. The van der Waals surface area contributed by atoms with Gasteiger partial charge in [-0.2, -0.15) is 0 Å². The monoisotopic (exact) mass is 464 g/mol. The highest BCUT2D eigenvalue weighted by Gasteiger charge is 2.11. The molecule has 3 aromatic carbocycles.